The summed E-state index contributed by atoms with van der Waals surface area (Å²) < 4.78 is 16.9. The van der Waals surface area contributed by atoms with E-state index in [4.69, 9.17) is 14.2 Å². The summed E-state index contributed by atoms with van der Waals surface area (Å²) >= 11 is 4.87. The van der Waals surface area contributed by atoms with E-state index in [1.54, 1.807) is 18.3 Å². The van der Waals surface area contributed by atoms with Gasteiger partial charge in [-0.1, -0.05) is 28.1 Å². The lowest BCUT2D eigenvalue weighted by Gasteiger charge is -2.13. The molecular weight excluding hydrogens is 444 g/mol. The first-order valence-electron chi connectivity index (χ1n) is 8.34. The maximum absolute atomic E-state index is 12.7. The van der Waals surface area contributed by atoms with Crippen molar-refractivity contribution < 1.29 is 19.0 Å². The van der Waals surface area contributed by atoms with Crippen LogP contribution >= 0.6 is 27.3 Å². The Morgan fingerprint density at radius 3 is 2.29 bits per heavy atom. The fraction of sp³-hybridized carbons (Fsp3) is 0.200. The van der Waals surface area contributed by atoms with Crippen molar-refractivity contribution in [1.82, 2.24) is 4.98 Å². The van der Waals surface area contributed by atoms with Crippen LogP contribution in [-0.4, -0.2) is 32.2 Å². The molecule has 3 rings (SSSR count). The van der Waals surface area contributed by atoms with Gasteiger partial charge in [0, 0.05) is 27.5 Å². The van der Waals surface area contributed by atoms with Crippen LogP contribution in [-0.2, 0) is 6.42 Å². The number of carbonyl (C=O) groups is 1. The van der Waals surface area contributed by atoms with Gasteiger partial charge < -0.3 is 14.2 Å². The topological polar surface area (TPSA) is 69.7 Å². The molecule has 146 valence electrons. The largest absolute Gasteiger partial charge is 0.493 e. The number of benzene rings is 2. The first kappa shape index (κ1) is 20.2. The molecule has 1 heterocycles. The normalized spacial score (nSPS) is 10.4. The number of nitrogens with zero attached hydrogens (tertiary/aromatic N) is 1. The fourth-order valence-corrected chi connectivity index (χ4v) is 3.74. The molecule has 0 radical (unpaired) electrons. The van der Waals surface area contributed by atoms with Crippen LogP contribution in [0.2, 0.25) is 0 Å². The maximum Gasteiger partial charge on any atom is 0.257 e. The number of ether oxygens (including phenoxy) is 3. The van der Waals surface area contributed by atoms with Gasteiger partial charge in [0.05, 0.1) is 21.3 Å². The quantitative estimate of drug-likeness (QED) is 0.547. The number of nitrogens with one attached hydrogen (secondary N) is 1. The molecular formula is C20H19BrN2O4S. The van der Waals surface area contributed by atoms with E-state index >= 15 is 0 Å². The summed E-state index contributed by atoms with van der Waals surface area (Å²) in [5.41, 5.74) is 1.56. The molecule has 0 spiro atoms. The summed E-state index contributed by atoms with van der Waals surface area (Å²) in [4.78, 5) is 18.0. The highest BCUT2D eigenvalue weighted by Crippen LogP contribution is 2.38. The molecule has 6 nitrogen and oxygen atoms in total. The highest BCUT2D eigenvalue weighted by Gasteiger charge is 2.18. The second-order valence-electron chi connectivity index (χ2n) is 5.80. The lowest BCUT2D eigenvalue weighted by atomic mass is 10.1. The zero-order valence-corrected chi connectivity index (χ0v) is 18.0. The Bertz CT molecular complexity index is 948. The Balaban J connectivity index is 1.74. The summed E-state index contributed by atoms with van der Waals surface area (Å²) in [5, 5.41) is 3.36. The number of amides is 1. The summed E-state index contributed by atoms with van der Waals surface area (Å²) in [6.45, 7) is 0. The molecule has 0 saturated carbocycles. The predicted molar refractivity (Wildman–Crippen MR) is 113 cm³/mol. The van der Waals surface area contributed by atoms with Crippen LogP contribution in [0.5, 0.6) is 17.2 Å². The van der Waals surface area contributed by atoms with Gasteiger partial charge in [0.2, 0.25) is 5.75 Å². The molecule has 2 aromatic carbocycles. The molecule has 28 heavy (non-hydrogen) atoms. The molecule has 0 aliphatic carbocycles. The molecule has 1 amide bonds. The lowest BCUT2D eigenvalue weighted by molar-refractivity contribution is 0.102. The van der Waals surface area contributed by atoms with Gasteiger partial charge in [-0.3, -0.25) is 10.1 Å². The van der Waals surface area contributed by atoms with Crippen LogP contribution in [0, 0.1) is 0 Å². The van der Waals surface area contributed by atoms with Gasteiger partial charge >= 0.3 is 0 Å². The van der Waals surface area contributed by atoms with Crippen molar-refractivity contribution >= 4 is 38.3 Å². The molecule has 0 atom stereocenters. The molecule has 0 aliphatic heterocycles. The van der Waals surface area contributed by atoms with Crippen LogP contribution < -0.4 is 19.5 Å². The number of rotatable bonds is 7. The van der Waals surface area contributed by atoms with Gasteiger partial charge in [-0.2, -0.15) is 0 Å². The molecule has 0 fully saturated rings. The van der Waals surface area contributed by atoms with E-state index in [-0.39, 0.29) is 5.91 Å². The number of anilines is 1. The molecule has 0 saturated heterocycles. The Labute approximate surface area is 175 Å². The number of aromatic nitrogens is 1. The summed E-state index contributed by atoms with van der Waals surface area (Å²) in [7, 11) is 4.53. The molecule has 0 bridgehead atoms. The Hall–Kier alpha value is -2.58. The zero-order valence-electron chi connectivity index (χ0n) is 15.6. The monoisotopic (exact) mass is 462 g/mol. The second-order valence-corrected chi connectivity index (χ2v) is 7.83. The third-order valence-electron chi connectivity index (χ3n) is 3.99. The maximum atomic E-state index is 12.7. The van der Waals surface area contributed by atoms with E-state index in [2.05, 4.69) is 38.4 Å². The smallest absolute Gasteiger partial charge is 0.257 e. The highest BCUT2D eigenvalue weighted by molar-refractivity contribution is 9.10. The predicted octanol–water partition coefficient (Wildman–Crippen LogP) is 4.77. The summed E-state index contributed by atoms with van der Waals surface area (Å²) in [6, 6.07) is 11.3. The van der Waals surface area contributed by atoms with Crippen LogP contribution in [0.1, 0.15) is 20.8 Å². The van der Waals surface area contributed by atoms with E-state index in [1.165, 1.54) is 38.2 Å². The third kappa shape index (κ3) is 4.63. The van der Waals surface area contributed by atoms with Crippen molar-refractivity contribution in [3.8, 4) is 17.2 Å². The van der Waals surface area contributed by atoms with Crippen LogP contribution in [0.25, 0.3) is 0 Å². The number of methoxy groups -OCH3 is 3. The Kier molecular flexibility index (Phi) is 6.53. The molecule has 1 N–H and O–H groups in total. The van der Waals surface area contributed by atoms with E-state index in [0.717, 1.165) is 15.8 Å². The lowest BCUT2D eigenvalue weighted by Crippen LogP contribution is -2.12. The van der Waals surface area contributed by atoms with E-state index in [0.29, 0.717) is 27.9 Å². The minimum absolute atomic E-state index is 0.302. The van der Waals surface area contributed by atoms with Gasteiger partial charge in [-0.15, -0.1) is 11.3 Å². The number of carbonyl (C=O) groups excluding carboxylic acids is 1. The van der Waals surface area contributed by atoms with Gasteiger partial charge in [-0.25, -0.2) is 4.98 Å². The number of hydrogen-bond donors (Lipinski definition) is 1. The van der Waals surface area contributed by atoms with Crippen molar-refractivity contribution in [1.29, 1.82) is 0 Å². The van der Waals surface area contributed by atoms with E-state index in [1.807, 2.05) is 12.1 Å². The van der Waals surface area contributed by atoms with E-state index in [9.17, 15) is 4.79 Å². The highest BCUT2D eigenvalue weighted by atomic mass is 79.9. The van der Waals surface area contributed by atoms with Crippen molar-refractivity contribution in [2.45, 2.75) is 6.42 Å². The third-order valence-corrected chi connectivity index (χ3v) is 5.43. The second kappa shape index (κ2) is 9.07. The summed E-state index contributed by atoms with van der Waals surface area (Å²) in [5.74, 6) is 0.973. The van der Waals surface area contributed by atoms with Crippen molar-refractivity contribution in [2.75, 3.05) is 26.6 Å². The number of halogens is 1. The van der Waals surface area contributed by atoms with Crippen molar-refractivity contribution in [3.63, 3.8) is 0 Å². The Morgan fingerprint density at radius 1 is 1.07 bits per heavy atom. The number of hydrogen-bond acceptors (Lipinski definition) is 6. The SMILES string of the molecule is COc1cc(C(=O)Nc2ncc(Cc3ccc(Br)cc3)s2)cc(OC)c1OC. The van der Waals surface area contributed by atoms with E-state index < -0.39 is 0 Å². The van der Waals surface area contributed by atoms with Gasteiger partial charge in [0.1, 0.15) is 0 Å². The Morgan fingerprint density at radius 2 is 1.71 bits per heavy atom. The fourth-order valence-electron chi connectivity index (χ4n) is 2.63. The zero-order chi connectivity index (χ0) is 20.1. The van der Waals surface area contributed by atoms with Gasteiger partial charge in [-0.05, 0) is 29.8 Å². The molecule has 0 unspecified atom stereocenters. The van der Waals surface area contributed by atoms with Crippen molar-refractivity contribution in [2.24, 2.45) is 0 Å². The standard InChI is InChI=1S/C20H19BrN2O4S/c1-25-16-9-13(10-17(26-2)18(16)27-3)19(24)23-20-22-11-15(28-20)8-12-4-6-14(21)7-5-12/h4-7,9-11H,8H2,1-3H3,(H,22,23,24). The van der Waals surface area contributed by atoms with Crippen LogP contribution in [0.4, 0.5) is 5.13 Å². The molecule has 3 aromatic rings. The first-order valence-corrected chi connectivity index (χ1v) is 9.95. The van der Waals surface area contributed by atoms with Crippen LogP contribution in [0.15, 0.2) is 47.1 Å². The average molecular weight is 463 g/mol. The van der Waals surface area contributed by atoms with Crippen LogP contribution in [0.3, 0.4) is 0 Å². The molecule has 1 aromatic heterocycles. The average Bonchev–Trinajstić information content (AvgIpc) is 3.15. The van der Waals surface area contributed by atoms with Gasteiger partial charge in [0.15, 0.2) is 16.6 Å². The minimum Gasteiger partial charge on any atom is -0.493 e. The van der Waals surface area contributed by atoms with Crippen molar-refractivity contribution in [3.05, 3.63) is 63.1 Å². The summed E-state index contributed by atoms with van der Waals surface area (Å²) in [6.07, 6.45) is 2.53. The van der Waals surface area contributed by atoms with Gasteiger partial charge in [0.25, 0.3) is 5.91 Å². The first-order chi connectivity index (χ1) is 13.5. The molecule has 0 aliphatic rings. The number of thiazole rings is 1. The minimum atomic E-state index is -0.302. The molecule has 8 heteroatoms.